The van der Waals surface area contributed by atoms with E-state index in [0.29, 0.717) is 43.2 Å². The lowest BCUT2D eigenvalue weighted by Crippen LogP contribution is -2.59. The summed E-state index contributed by atoms with van der Waals surface area (Å²) >= 11 is 1.47. The lowest BCUT2D eigenvalue weighted by Gasteiger charge is -2.29. The van der Waals surface area contributed by atoms with Crippen molar-refractivity contribution in [2.45, 2.75) is 130 Å². The van der Waals surface area contributed by atoms with Crippen molar-refractivity contribution in [2.24, 2.45) is 29.2 Å². The molecular formula is C36H59N7O5S. The van der Waals surface area contributed by atoms with Crippen molar-refractivity contribution in [3.8, 4) is 0 Å². The summed E-state index contributed by atoms with van der Waals surface area (Å²) in [5, 5.41) is 12.0. The van der Waals surface area contributed by atoms with Crippen molar-refractivity contribution >= 4 is 51.1 Å². The Hall–Kier alpha value is -3.58. The number of unbranched alkanes of at least 4 members (excludes halogenated alkanes) is 1. The van der Waals surface area contributed by atoms with Crippen LogP contribution in [0.15, 0.2) is 18.2 Å². The molecule has 2 aromatic rings. The zero-order valence-electron chi connectivity index (χ0n) is 30.6. The fourth-order valence-corrected chi connectivity index (χ4v) is 6.47. The number of nitrogens with two attached hydrogens (primary N) is 2. The van der Waals surface area contributed by atoms with Gasteiger partial charge in [0, 0.05) is 12.8 Å². The summed E-state index contributed by atoms with van der Waals surface area (Å²) in [6.07, 6.45) is 2.78. The van der Waals surface area contributed by atoms with Gasteiger partial charge in [-0.1, -0.05) is 67.9 Å². The minimum atomic E-state index is -1.00. The Labute approximate surface area is 295 Å². The lowest BCUT2D eigenvalue weighted by molar-refractivity contribution is -0.135. The molecule has 1 aromatic heterocycles. The monoisotopic (exact) mass is 701 g/mol. The molecule has 2 rings (SSSR count). The van der Waals surface area contributed by atoms with Crippen LogP contribution in [0.3, 0.4) is 0 Å². The third-order valence-electron chi connectivity index (χ3n) is 8.49. The Balaban J connectivity index is 2.35. The Bertz CT molecular complexity index is 1410. The van der Waals surface area contributed by atoms with Crippen molar-refractivity contribution in [1.82, 2.24) is 26.3 Å². The summed E-state index contributed by atoms with van der Waals surface area (Å²) in [4.78, 5) is 71.0. The molecule has 0 aliphatic carbocycles. The molecule has 0 fully saturated rings. The maximum Gasteiger partial charge on any atom is 0.243 e. The first-order chi connectivity index (χ1) is 23.1. The summed E-state index contributed by atoms with van der Waals surface area (Å²) in [5.74, 6) is -2.29. The molecule has 0 saturated carbocycles. The maximum absolute atomic E-state index is 13.9. The van der Waals surface area contributed by atoms with E-state index in [9.17, 15) is 24.0 Å². The number of hydrogen-bond acceptors (Lipinski definition) is 8. The Morgan fingerprint density at radius 3 is 2.04 bits per heavy atom. The first-order valence-electron chi connectivity index (χ1n) is 17.6. The molecule has 0 aliphatic rings. The molecular weight excluding hydrogens is 643 g/mol. The zero-order chi connectivity index (χ0) is 36.8. The highest BCUT2D eigenvalue weighted by molar-refractivity contribution is 7.18. The first-order valence-corrected chi connectivity index (χ1v) is 18.5. The molecule has 13 heteroatoms. The summed E-state index contributed by atoms with van der Waals surface area (Å²) in [6, 6.07) is 2.27. The number of primary amides is 1. The number of hydrogen-bond donors (Lipinski definition) is 6. The van der Waals surface area contributed by atoms with E-state index >= 15 is 0 Å². The van der Waals surface area contributed by atoms with Crippen molar-refractivity contribution in [3.05, 3.63) is 28.8 Å². The van der Waals surface area contributed by atoms with Crippen LogP contribution in [-0.4, -0.2) is 65.2 Å². The van der Waals surface area contributed by atoms with Gasteiger partial charge in [0.15, 0.2) is 0 Å². The van der Waals surface area contributed by atoms with Crippen molar-refractivity contribution < 1.29 is 24.0 Å². The molecule has 49 heavy (non-hydrogen) atoms. The molecule has 0 aliphatic heterocycles. The van der Waals surface area contributed by atoms with Gasteiger partial charge in [0.1, 0.15) is 24.2 Å². The highest BCUT2D eigenvalue weighted by Gasteiger charge is 2.33. The Morgan fingerprint density at radius 1 is 0.816 bits per heavy atom. The number of rotatable bonds is 21. The SMILES string of the molecule is CC[C@H](C)C(NC(=O)[C@H](Cc1nc2ccc(C(C)C)cc2s1)NC(=O)CC(C)C)C(=O)N[C@@H](CCCCN)C(=O)N[C@@H](CC(C)C)C(N)=O. The zero-order valence-corrected chi connectivity index (χ0v) is 31.4. The van der Waals surface area contributed by atoms with E-state index in [0.717, 1.165) is 10.2 Å². The second kappa shape index (κ2) is 20.2. The van der Waals surface area contributed by atoms with Gasteiger partial charge in [-0.15, -0.1) is 11.3 Å². The number of nitrogens with one attached hydrogen (secondary N) is 4. The number of benzene rings is 1. The predicted octanol–water partition coefficient (Wildman–Crippen LogP) is 3.65. The average molecular weight is 702 g/mol. The van der Waals surface area contributed by atoms with Crippen LogP contribution < -0.4 is 32.7 Å². The Morgan fingerprint density at radius 2 is 1.47 bits per heavy atom. The van der Waals surface area contributed by atoms with Gasteiger partial charge in [0.2, 0.25) is 29.5 Å². The minimum absolute atomic E-state index is 0.0799. The quantitative estimate of drug-likeness (QED) is 0.107. The molecule has 0 bridgehead atoms. The van der Waals surface area contributed by atoms with Gasteiger partial charge in [-0.2, -0.15) is 0 Å². The van der Waals surface area contributed by atoms with Crippen LogP contribution in [0.4, 0.5) is 0 Å². The van der Waals surface area contributed by atoms with Crippen LogP contribution in [-0.2, 0) is 30.4 Å². The molecule has 0 saturated heterocycles. The van der Waals surface area contributed by atoms with E-state index in [-0.39, 0.29) is 42.9 Å². The second-order valence-electron chi connectivity index (χ2n) is 14.2. The third-order valence-corrected chi connectivity index (χ3v) is 9.53. The van der Waals surface area contributed by atoms with Gasteiger partial charge < -0.3 is 32.7 Å². The van der Waals surface area contributed by atoms with E-state index in [1.807, 2.05) is 53.7 Å². The molecule has 8 N–H and O–H groups in total. The van der Waals surface area contributed by atoms with E-state index in [1.54, 1.807) is 0 Å². The number of carbonyl (C=O) groups is 5. The van der Waals surface area contributed by atoms with Crippen molar-refractivity contribution in [3.63, 3.8) is 0 Å². The predicted molar refractivity (Wildman–Crippen MR) is 196 cm³/mol. The molecule has 1 heterocycles. The minimum Gasteiger partial charge on any atom is -0.368 e. The molecule has 12 nitrogen and oxygen atoms in total. The van der Waals surface area contributed by atoms with Gasteiger partial charge in [-0.3, -0.25) is 24.0 Å². The lowest BCUT2D eigenvalue weighted by atomic mass is 9.96. The Kier molecular flexibility index (Phi) is 17.1. The van der Waals surface area contributed by atoms with Crippen LogP contribution in [0.2, 0.25) is 0 Å². The summed E-state index contributed by atoms with van der Waals surface area (Å²) in [5.41, 5.74) is 13.3. The van der Waals surface area contributed by atoms with Crippen LogP contribution >= 0.6 is 11.3 Å². The summed E-state index contributed by atoms with van der Waals surface area (Å²) in [7, 11) is 0. The first kappa shape index (κ1) is 41.6. The fourth-order valence-electron chi connectivity index (χ4n) is 5.41. The maximum atomic E-state index is 13.9. The largest absolute Gasteiger partial charge is 0.368 e. The average Bonchev–Trinajstić information content (AvgIpc) is 3.42. The molecule has 1 aromatic carbocycles. The summed E-state index contributed by atoms with van der Waals surface area (Å²) < 4.78 is 0.997. The molecule has 5 atom stereocenters. The van der Waals surface area contributed by atoms with Crippen molar-refractivity contribution in [1.29, 1.82) is 0 Å². The van der Waals surface area contributed by atoms with E-state index in [4.69, 9.17) is 16.5 Å². The number of fused-ring (bicyclic) bond motifs is 1. The van der Waals surface area contributed by atoms with Gasteiger partial charge >= 0.3 is 0 Å². The molecule has 1 unspecified atom stereocenters. The molecule has 0 radical (unpaired) electrons. The van der Waals surface area contributed by atoms with Crippen LogP contribution in [0.5, 0.6) is 0 Å². The van der Waals surface area contributed by atoms with Crippen molar-refractivity contribution in [2.75, 3.05) is 6.54 Å². The molecule has 0 spiro atoms. The smallest absolute Gasteiger partial charge is 0.243 e. The number of amides is 5. The number of thiazole rings is 1. The van der Waals surface area contributed by atoms with Gasteiger partial charge in [-0.25, -0.2) is 4.98 Å². The topological polar surface area (TPSA) is 198 Å². The van der Waals surface area contributed by atoms with Crippen LogP contribution in [0.1, 0.15) is 110 Å². The highest BCUT2D eigenvalue weighted by Crippen LogP contribution is 2.27. The standard InChI is InChI=1S/C36H59N7O5S/c1-9-23(8)32(36(48)41-26(12-10-11-15-37)34(46)42-27(33(38)45)16-20(2)3)43-35(47)28(39-30(44)17-21(4)5)19-31-40-25-14-13-24(22(6)7)18-29(25)49-31/h13-14,18,20-23,26-28,32H,9-12,15-17,19,37H2,1-8H3,(H2,38,45)(H,39,44)(H,41,48)(H,42,46)(H,43,47)/t23-,26-,27-,28-,32?/m0/s1. The normalized spacial score (nSPS) is 14.7. The summed E-state index contributed by atoms with van der Waals surface area (Å²) in [6.45, 7) is 16.1. The number of nitrogens with zero attached hydrogens (tertiary/aromatic N) is 1. The van der Waals surface area contributed by atoms with Gasteiger partial charge in [-0.05, 0) is 73.6 Å². The molecule has 274 valence electrons. The van der Waals surface area contributed by atoms with Gasteiger partial charge in [0.25, 0.3) is 0 Å². The van der Waals surface area contributed by atoms with E-state index in [1.165, 1.54) is 16.9 Å². The number of carbonyl (C=O) groups excluding carboxylic acids is 5. The molecule has 5 amide bonds. The van der Waals surface area contributed by atoms with Gasteiger partial charge in [0.05, 0.1) is 15.2 Å². The number of aromatic nitrogens is 1. The third kappa shape index (κ3) is 13.7. The highest BCUT2D eigenvalue weighted by atomic mass is 32.1. The van der Waals surface area contributed by atoms with E-state index in [2.05, 4.69) is 41.2 Å². The van der Waals surface area contributed by atoms with Crippen LogP contribution in [0.25, 0.3) is 10.2 Å². The van der Waals surface area contributed by atoms with E-state index < -0.39 is 47.8 Å². The fraction of sp³-hybridized carbons (Fsp3) is 0.667. The second-order valence-corrected chi connectivity index (χ2v) is 15.3. The van der Waals surface area contributed by atoms with Crippen LogP contribution in [0, 0.1) is 17.8 Å².